The molecule has 0 aromatic carbocycles. The fourth-order valence-electron chi connectivity index (χ4n) is 1.65. The van der Waals surface area contributed by atoms with Gasteiger partial charge in [-0.15, -0.1) is 0 Å². The van der Waals surface area contributed by atoms with Crippen molar-refractivity contribution in [1.82, 2.24) is 10.2 Å². The smallest absolute Gasteiger partial charge is 0.0198 e. The summed E-state index contributed by atoms with van der Waals surface area (Å²) in [6.45, 7) is 9.37. The van der Waals surface area contributed by atoms with Gasteiger partial charge in [-0.1, -0.05) is 12.2 Å². The Hall–Kier alpha value is -0.340. The monoisotopic (exact) mass is 168 g/mol. The lowest BCUT2D eigenvalue weighted by molar-refractivity contribution is 0.230. The molecule has 1 aliphatic heterocycles. The molecule has 0 aliphatic carbocycles. The van der Waals surface area contributed by atoms with E-state index in [0.29, 0.717) is 6.04 Å². The zero-order chi connectivity index (χ0) is 8.97. The van der Waals surface area contributed by atoms with Crippen LogP contribution >= 0.6 is 0 Å². The summed E-state index contributed by atoms with van der Waals surface area (Å²) < 4.78 is 0. The van der Waals surface area contributed by atoms with Gasteiger partial charge in [-0.25, -0.2) is 0 Å². The first-order valence-corrected chi connectivity index (χ1v) is 4.75. The molecule has 0 aromatic heterocycles. The van der Waals surface area contributed by atoms with E-state index in [4.69, 9.17) is 0 Å². The Morgan fingerprint density at radius 3 is 3.00 bits per heavy atom. The maximum absolute atomic E-state index is 3.88. The summed E-state index contributed by atoms with van der Waals surface area (Å²) in [6.07, 6.45) is 2.64. The van der Waals surface area contributed by atoms with Gasteiger partial charge in [-0.2, -0.15) is 0 Å². The van der Waals surface area contributed by atoms with Crippen LogP contribution in [0.3, 0.4) is 0 Å². The SMILES string of the molecule is C=C(C)CNC1CCCN(C)C1. The van der Waals surface area contributed by atoms with Crippen molar-refractivity contribution in [3.05, 3.63) is 12.2 Å². The predicted octanol–water partition coefficient (Wildman–Crippen LogP) is 1.25. The van der Waals surface area contributed by atoms with Crippen LogP contribution in [0.4, 0.5) is 0 Å². The third kappa shape index (κ3) is 3.37. The Morgan fingerprint density at radius 2 is 2.42 bits per heavy atom. The van der Waals surface area contributed by atoms with Crippen LogP contribution in [0, 0.1) is 0 Å². The van der Waals surface area contributed by atoms with Crippen molar-refractivity contribution < 1.29 is 0 Å². The minimum absolute atomic E-state index is 0.681. The summed E-state index contributed by atoms with van der Waals surface area (Å²) in [7, 11) is 2.19. The van der Waals surface area contributed by atoms with Crippen molar-refractivity contribution in [2.45, 2.75) is 25.8 Å². The predicted molar refractivity (Wildman–Crippen MR) is 53.3 cm³/mol. The van der Waals surface area contributed by atoms with Crippen LogP contribution in [0.5, 0.6) is 0 Å². The Labute approximate surface area is 75.6 Å². The van der Waals surface area contributed by atoms with E-state index in [0.717, 1.165) is 6.54 Å². The molecular weight excluding hydrogens is 148 g/mol. The van der Waals surface area contributed by atoms with E-state index in [1.807, 2.05) is 0 Å². The molecule has 0 saturated carbocycles. The minimum atomic E-state index is 0.681. The highest BCUT2D eigenvalue weighted by Gasteiger charge is 2.15. The highest BCUT2D eigenvalue weighted by molar-refractivity contribution is 4.92. The average molecular weight is 168 g/mol. The van der Waals surface area contributed by atoms with Crippen molar-refractivity contribution in [2.24, 2.45) is 0 Å². The van der Waals surface area contributed by atoms with Crippen LogP contribution in [0.15, 0.2) is 12.2 Å². The highest BCUT2D eigenvalue weighted by atomic mass is 15.1. The lowest BCUT2D eigenvalue weighted by atomic mass is 10.1. The quantitative estimate of drug-likeness (QED) is 0.638. The summed E-state index contributed by atoms with van der Waals surface area (Å²) in [4.78, 5) is 2.39. The highest BCUT2D eigenvalue weighted by Crippen LogP contribution is 2.07. The maximum Gasteiger partial charge on any atom is 0.0198 e. The number of nitrogens with zero attached hydrogens (tertiary/aromatic N) is 1. The van der Waals surface area contributed by atoms with E-state index in [2.05, 4.69) is 30.8 Å². The van der Waals surface area contributed by atoms with E-state index < -0.39 is 0 Å². The van der Waals surface area contributed by atoms with Crippen LogP contribution < -0.4 is 5.32 Å². The minimum Gasteiger partial charge on any atom is -0.309 e. The molecule has 0 amide bonds. The first-order valence-electron chi connectivity index (χ1n) is 4.75. The zero-order valence-electron chi connectivity index (χ0n) is 8.27. The van der Waals surface area contributed by atoms with Crippen molar-refractivity contribution in [2.75, 3.05) is 26.7 Å². The number of rotatable bonds is 3. The molecule has 1 N–H and O–H groups in total. The molecule has 1 saturated heterocycles. The zero-order valence-corrected chi connectivity index (χ0v) is 8.27. The lowest BCUT2D eigenvalue weighted by Gasteiger charge is -2.30. The third-order valence-corrected chi connectivity index (χ3v) is 2.32. The molecule has 12 heavy (non-hydrogen) atoms. The van der Waals surface area contributed by atoms with Gasteiger partial charge in [0.15, 0.2) is 0 Å². The first-order chi connectivity index (χ1) is 5.68. The molecule has 1 fully saturated rings. The molecule has 1 heterocycles. The third-order valence-electron chi connectivity index (χ3n) is 2.32. The van der Waals surface area contributed by atoms with Crippen molar-refractivity contribution >= 4 is 0 Å². The molecule has 0 radical (unpaired) electrons. The van der Waals surface area contributed by atoms with Gasteiger partial charge in [0.05, 0.1) is 0 Å². The number of likely N-dealkylation sites (N-methyl/N-ethyl adjacent to an activating group) is 1. The van der Waals surface area contributed by atoms with Crippen LogP contribution in [-0.2, 0) is 0 Å². The molecular formula is C10H20N2. The van der Waals surface area contributed by atoms with Gasteiger partial charge in [0.1, 0.15) is 0 Å². The van der Waals surface area contributed by atoms with Crippen molar-refractivity contribution in [1.29, 1.82) is 0 Å². The summed E-state index contributed by atoms with van der Waals surface area (Å²) in [5.74, 6) is 0. The standard InChI is InChI=1S/C10H20N2/c1-9(2)7-11-10-5-4-6-12(3)8-10/h10-11H,1,4-8H2,2-3H3. The summed E-state index contributed by atoms with van der Waals surface area (Å²) in [5, 5.41) is 3.51. The molecule has 2 nitrogen and oxygen atoms in total. The summed E-state index contributed by atoms with van der Waals surface area (Å²) in [5.41, 5.74) is 1.23. The Bertz CT molecular complexity index is 154. The molecule has 1 unspecified atom stereocenters. The molecule has 1 rings (SSSR count). The molecule has 1 aliphatic rings. The number of nitrogens with one attached hydrogen (secondary N) is 1. The van der Waals surface area contributed by atoms with Crippen LogP contribution in [0.25, 0.3) is 0 Å². The Morgan fingerprint density at radius 1 is 1.67 bits per heavy atom. The maximum atomic E-state index is 3.88. The van der Waals surface area contributed by atoms with Crippen molar-refractivity contribution in [3.8, 4) is 0 Å². The average Bonchev–Trinajstić information content (AvgIpc) is 2.01. The molecule has 1 atom stereocenters. The van der Waals surface area contributed by atoms with Crippen LogP contribution in [0.2, 0.25) is 0 Å². The lowest BCUT2D eigenvalue weighted by Crippen LogP contribution is -2.44. The second kappa shape index (κ2) is 4.63. The van der Waals surface area contributed by atoms with Gasteiger partial charge in [0.25, 0.3) is 0 Å². The number of likely N-dealkylation sites (tertiary alicyclic amines) is 1. The van der Waals surface area contributed by atoms with E-state index in [9.17, 15) is 0 Å². The van der Waals surface area contributed by atoms with Gasteiger partial charge in [0, 0.05) is 19.1 Å². The number of hydrogen-bond acceptors (Lipinski definition) is 2. The van der Waals surface area contributed by atoms with Gasteiger partial charge in [0.2, 0.25) is 0 Å². The van der Waals surface area contributed by atoms with Gasteiger partial charge in [-0.3, -0.25) is 0 Å². The largest absolute Gasteiger partial charge is 0.309 e. The topological polar surface area (TPSA) is 15.3 Å². The summed E-state index contributed by atoms with van der Waals surface area (Å²) >= 11 is 0. The van der Waals surface area contributed by atoms with E-state index in [1.165, 1.54) is 31.5 Å². The second-order valence-electron chi connectivity index (χ2n) is 3.94. The Balaban J connectivity index is 2.18. The molecule has 0 aromatic rings. The normalized spacial score (nSPS) is 25.7. The van der Waals surface area contributed by atoms with Gasteiger partial charge < -0.3 is 10.2 Å². The fourth-order valence-corrected chi connectivity index (χ4v) is 1.65. The van der Waals surface area contributed by atoms with Gasteiger partial charge >= 0.3 is 0 Å². The van der Waals surface area contributed by atoms with E-state index in [-0.39, 0.29) is 0 Å². The van der Waals surface area contributed by atoms with Crippen LogP contribution in [-0.4, -0.2) is 37.6 Å². The van der Waals surface area contributed by atoms with Crippen molar-refractivity contribution in [3.63, 3.8) is 0 Å². The van der Waals surface area contributed by atoms with E-state index in [1.54, 1.807) is 0 Å². The van der Waals surface area contributed by atoms with E-state index >= 15 is 0 Å². The fraction of sp³-hybridized carbons (Fsp3) is 0.800. The van der Waals surface area contributed by atoms with Crippen LogP contribution in [0.1, 0.15) is 19.8 Å². The molecule has 0 bridgehead atoms. The molecule has 70 valence electrons. The molecule has 2 heteroatoms. The number of hydrogen-bond donors (Lipinski definition) is 1. The Kier molecular flexibility index (Phi) is 3.76. The number of piperidine rings is 1. The first kappa shape index (κ1) is 9.75. The van der Waals surface area contributed by atoms with Gasteiger partial charge in [-0.05, 0) is 33.4 Å². The summed E-state index contributed by atoms with van der Waals surface area (Å²) in [6, 6.07) is 0.681. The molecule has 0 spiro atoms. The second-order valence-corrected chi connectivity index (χ2v) is 3.94.